The minimum Gasteiger partial charge on any atom is -0.386 e. The SMILES string of the molecule is Cc1cc(F)ccc1CC(O)c1cn[nH]n1. The van der Waals surface area contributed by atoms with Gasteiger partial charge in [-0.2, -0.15) is 15.4 Å². The summed E-state index contributed by atoms with van der Waals surface area (Å²) in [6.07, 6.45) is 1.16. The lowest BCUT2D eigenvalue weighted by Gasteiger charge is -2.09. The van der Waals surface area contributed by atoms with Gasteiger partial charge in [0, 0.05) is 6.42 Å². The number of hydrogen-bond donors (Lipinski definition) is 2. The Bertz CT molecular complexity index is 470. The number of benzene rings is 1. The van der Waals surface area contributed by atoms with Gasteiger partial charge in [-0.05, 0) is 30.2 Å². The van der Waals surface area contributed by atoms with Gasteiger partial charge < -0.3 is 5.11 Å². The van der Waals surface area contributed by atoms with Gasteiger partial charge in [-0.1, -0.05) is 6.07 Å². The van der Waals surface area contributed by atoms with Crippen LogP contribution in [0.15, 0.2) is 24.4 Å². The summed E-state index contributed by atoms with van der Waals surface area (Å²) in [6.45, 7) is 1.81. The van der Waals surface area contributed by atoms with E-state index in [1.54, 1.807) is 6.07 Å². The summed E-state index contributed by atoms with van der Waals surface area (Å²) in [5, 5.41) is 19.7. The maximum Gasteiger partial charge on any atom is 0.123 e. The van der Waals surface area contributed by atoms with Gasteiger partial charge in [0.25, 0.3) is 0 Å². The molecule has 0 aliphatic heterocycles. The van der Waals surface area contributed by atoms with E-state index in [2.05, 4.69) is 15.4 Å². The molecule has 1 aromatic carbocycles. The normalized spacial score (nSPS) is 12.7. The van der Waals surface area contributed by atoms with Crippen molar-refractivity contribution in [2.45, 2.75) is 19.4 Å². The molecule has 0 bridgehead atoms. The lowest BCUT2D eigenvalue weighted by molar-refractivity contribution is 0.173. The summed E-state index contributed by atoms with van der Waals surface area (Å²) in [4.78, 5) is 0. The molecule has 0 saturated heterocycles. The van der Waals surface area contributed by atoms with Crippen molar-refractivity contribution in [1.29, 1.82) is 0 Å². The van der Waals surface area contributed by atoms with Crippen molar-refractivity contribution in [1.82, 2.24) is 15.4 Å². The fourth-order valence-electron chi connectivity index (χ4n) is 1.57. The molecule has 16 heavy (non-hydrogen) atoms. The van der Waals surface area contributed by atoms with E-state index in [1.165, 1.54) is 18.3 Å². The van der Waals surface area contributed by atoms with Crippen LogP contribution in [-0.4, -0.2) is 20.5 Å². The molecule has 0 saturated carbocycles. The van der Waals surface area contributed by atoms with Gasteiger partial charge in [-0.15, -0.1) is 0 Å². The van der Waals surface area contributed by atoms with E-state index < -0.39 is 6.10 Å². The zero-order chi connectivity index (χ0) is 11.5. The average molecular weight is 221 g/mol. The Hall–Kier alpha value is -1.75. The van der Waals surface area contributed by atoms with E-state index in [-0.39, 0.29) is 5.82 Å². The number of hydrogen-bond acceptors (Lipinski definition) is 3. The van der Waals surface area contributed by atoms with Gasteiger partial charge in [-0.25, -0.2) is 4.39 Å². The van der Waals surface area contributed by atoms with Crippen molar-refractivity contribution in [2.24, 2.45) is 0 Å². The number of aryl methyl sites for hydroxylation is 1. The highest BCUT2D eigenvalue weighted by Gasteiger charge is 2.12. The Morgan fingerprint density at radius 1 is 1.50 bits per heavy atom. The second-order valence-electron chi connectivity index (χ2n) is 3.69. The first-order chi connectivity index (χ1) is 7.66. The molecule has 0 spiro atoms. The number of aromatic amines is 1. The van der Waals surface area contributed by atoms with Crippen LogP contribution in [0.5, 0.6) is 0 Å². The van der Waals surface area contributed by atoms with E-state index in [4.69, 9.17) is 0 Å². The molecule has 0 amide bonds. The first-order valence-corrected chi connectivity index (χ1v) is 4.95. The van der Waals surface area contributed by atoms with Crippen LogP contribution in [0.1, 0.15) is 22.9 Å². The minimum atomic E-state index is -0.720. The molecule has 0 fully saturated rings. The molecule has 2 aromatic rings. The van der Waals surface area contributed by atoms with Crippen molar-refractivity contribution in [3.8, 4) is 0 Å². The van der Waals surface area contributed by atoms with E-state index in [0.717, 1.165) is 11.1 Å². The summed E-state index contributed by atoms with van der Waals surface area (Å²) in [6, 6.07) is 4.51. The third kappa shape index (κ3) is 2.25. The number of rotatable bonds is 3. The van der Waals surface area contributed by atoms with Gasteiger partial charge in [0.15, 0.2) is 0 Å². The predicted molar refractivity (Wildman–Crippen MR) is 56.2 cm³/mol. The fraction of sp³-hybridized carbons (Fsp3) is 0.273. The number of aliphatic hydroxyl groups is 1. The number of nitrogens with one attached hydrogen (secondary N) is 1. The third-order valence-corrected chi connectivity index (χ3v) is 2.49. The van der Waals surface area contributed by atoms with Crippen molar-refractivity contribution in [3.63, 3.8) is 0 Å². The van der Waals surface area contributed by atoms with Crippen LogP contribution in [0.2, 0.25) is 0 Å². The van der Waals surface area contributed by atoms with E-state index in [0.29, 0.717) is 12.1 Å². The Morgan fingerprint density at radius 2 is 2.31 bits per heavy atom. The molecule has 84 valence electrons. The minimum absolute atomic E-state index is 0.267. The smallest absolute Gasteiger partial charge is 0.123 e. The highest BCUT2D eigenvalue weighted by Crippen LogP contribution is 2.18. The molecule has 5 heteroatoms. The second-order valence-corrected chi connectivity index (χ2v) is 3.69. The first kappa shape index (κ1) is 10.8. The molecule has 2 rings (SSSR count). The Kier molecular flexibility index (Phi) is 2.96. The largest absolute Gasteiger partial charge is 0.386 e. The number of H-pyrrole nitrogens is 1. The third-order valence-electron chi connectivity index (χ3n) is 2.49. The molecule has 1 heterocycles. The van der Waals surface area contributed by atoms with Crippen molar-refractivity contribution >= 4 is 0 Å². The molecule has 0 aliphatic carbocycles. The van der Waals surface area contributed by atoms with Crippen LogP contribution in [0, 0.1) is 12.7 Å². The molecular weight excluding hydrogens is 209 g/mol. The monoisotopic (exact) mass is 221 g/mol. The van der Waals surface area contributed by atoms with E-state index >= 15 is 0 Å². The zero-order valence-corrected chi connectivity index (χ0v) is 8.81. The Labute approximate surface area is 92.1 Å². The van der Waals surface area contributed by atoms with Gasteiger partial charge in [-0.3, -0.25) is 0 Å². The maximum absolute atomic E-state index is 12.9. The zero-order valence-electron chi connectivity index (χ0n) is 8.81. The number of nitrogens with zero attached hydrogens (tertiary/aromatic N) is 2. The highest BCUT2D eigenvalue weighted by molar-refractivity contribution is 5.27. The van der Waals surface area contributed by atoms with Crippen LogP contribution in [0.3, 0.4) is 0 Å². The lowest BCUT2D eigenvalue weighted by Crippen LogP contribution is -2.04. The molecule has 0 aliphatic rings. The molecule has 4 nitrogen and oxygen atoms in total. The van der Waals surface area contributed by atoms with Crippen LogP contribution in [-0.2, 0) is 6.42 Å². The van der Waals surface area contributed by atoms with Crippen LogP contribution >= 0.6 is 0 Å². The second kappa shape index (κ2) is 4.40. The molecule has 2 N–H and O–H groups in total. The summed E-state index contributed by atoms with van der Waals surface area (Å²) in [5.41, 5.74) is 2.21. The topological polar surface area (TPSA) is 61.8 Å². The molecule has 0 radical (unpaired) electrons. The molecule has 1 unspecified atom stereocenters. The van der Waals surface area contributed by atoms with E-state index in [1.807, 2.05) is 6.92 Å². The fourth-order valence-corrected chi connectivity index (χ4v) is 1.57. The average Bonchev–Trinajstić information content (AvgIpc) is 2.75. The van der Waals surface area contributed by atoms with Crippen molar-refractivity contribution < 1.29 is 9.50 Å². The van der Waals surface area contributed by atoms with Crippen molar-refractivity contribution in [2.75, 3.05) is 0 Å². The summed E-state index contributed by atoms with van der Waals surface area (Å²) >= 11 is 0. The number of aliphatic hydroxyl groups excluding tert-OH is 1. The van der Waals surface area contributed by atoms with Gasteiger partial charge >= 0.3 is 0 Å². The van der Waals surface area contributed by atoms with Gasteiger partial charge in [0.1, 0.15) is 17.6 Å². The van der Waals surface area contributed by atoms with Crippen LogP contribution in [0.25, 0.3) is 0 Å². The standard InChI is InChI=1S/C11H12FN3O/c1-7-4-9(12)3-2-8(7)5-11(16)10-6-13-15-14-10/h2-4,6,11,16H,5H2,1H3,(H,13,14,15). The van der Waals surface area contributed by atoms with E-state index in [9.17, 15) is 9.50 Å². The molecular formula is C11H12FN3O. The molecule has 1 atom stereocenters. The number of halogens is 1. The Morgan fingerprint density at radius 3 is 2.94 bits per heavy atom. The van der Waals surface area contributed by atoms with Gasteiger partial charge in [0.2, 0.25) is 0 Å². The predicted octanol–water partition coefficient (Wildman–Crippen LogP) is 1.53. The van der Waals surface area contributed by atoms with Crippen LogP contribution in [0.4, 0.5) is 4.39 Å². The van der Waals surface area contributed by atoms with Gasteiger partial charge in [0.05, 0.1) is 6.20 Å². The molecule has 1 aromatic heterocycles. The number of aromatic nitrogens is 3. The Balaban J connectivity index is 2.15. The highest BCUT2D eigenvalue weighted by atomic mass is 19.1. The maximum atomic E-state index is 12.9. The van der Waals surface area contributed by atoms with Crippen LogP contribution < -0.4 is 0 Å². The summed E-state index contributed by atoms with van der Waals surface area (Å²) in [5.74, 6) is -0.267. The quantitative estimate of drug-likeness (QED) is 0.826. The first-order valence-electron chi connectivity index (χ1n) is 4.95. The lowest BCUT2D eigenvalue weighted by atomic mass is 10.0. The van der Waals surface area contributed by atoms with Crippen molar-refractivity contribution in [3.05, 3.63) is 47.0 Å². The summed E-state index contributed by atoms with van der Waals surface area (Å²) in [7, 11) is 0. The summed E-state index contributed by atoms with van der Waals surface area (Å²) < 4.78 is 12.9.